The third-order valence-corrected chi connectivity index (χ3v) is 20.8. The Morgan fingerprint density at radius 3 is 1.59 bits per heavy atom. The van der Waals surface area contributed by atoms with Gasteiger partial charge in [-0.25, -0.2) is 0 Å². The van der Waals surface area contributed by atoms with Crippen LogP contribution < -0.4 is 5.73 Å². The van der Waals surface area contributed by atoms with E-state index in [1.807, 2.05) is 105 Å². The van der Waals surface area contributed by atoms with Crippen molar-refractivity contribution in [1.82, 2.24) is 4.90 Å². The Morgan fingerprint density at radius 2 is 1.03 bits per heavy atom. The van der Waals surface area contributed by atoms with Crippen molar-refractivity contribution in [2.45, 2.75) is 223 Å². The average molecular weight is 1280 g/mol. The molecule has 1 aliphatic carbocycles. The predicted molar refractivity (Wildman–Crippen MR) is 389 cm³/mol. The van der Waals surface area contributed by atoms with E-state index in [2.05, 4.69) is 102 Å². The lowest BCUT2D eigenvalue weighted by molar-refractivity contribution is -0.128. The molecule has 94 heavy (non-hydrogen) atoms. The molecule has 8 atom stereocenters. The average Bonchev–Trinajstić information content (AvgIpc) is 0.774. The molecule has 1 aliphatic rings. The van der Waals surface area contributed by atoms with E-state index in [0.29, 0.717) is 105 Å². The number of benzene rings is 4. The highest BCUT2D eigenvalue weighted by Gasteiger charge is 2.50. The largest absolute Gasteiger partial charge is 0.381 e. The fourth-order valence-electron chi connectivity index (χ4n) is 13.9. The maximum Gasteiger partial charge on any atom is 0.249 e. The van der Waals surface area contributed by atoms with Crippen LogP contribution in [0.4, 0.5) is 0 Å². The molecule has 4 aromatic carbocycles. The molecule has 0 aliphatic heterocycles. The van der Waals surface area contributed by atoms with Gasteiger partial charge in [-0.3, -0.25) is 28.8 Å². The number of Topliss-reactive ketones (excluding diaryl/α,β-unsaturated/α-hetero) is 5. The van der Waals surface area contributed by atoms with E-state index >= 15 is 0 Å². The first-order valence-corrected chi connectivity index (χ1v) is 35.6. The SMILES string of the molecule is C=C(C)C(=O)CCC(CCN(Cc1ccccc1)C(=O)/C(C)=C/C=C(\C)C(=O)CC[C@H](CCCCOCCCCCC(CC(=O)/C(C)=C/CC(C)C(=O)CCC(N)C1CC(C)(C)C(C)(CC(=O)C(=C)C)CC1C)Cc1ccccc1)Cc1ccccc1)Cc1ccccc1. The van der Waals surface area contributed by atoms with Gasteiger partial charge in [-0.15, -0.1) is 0 Å². The second kappa shape index (κ2) is 40.7. The molecule has 5 rings (SSSR count). The second-order valence-corrected chi connectivity index (χ2v) is 29.2. The molecule has 1 amide bonds. The molecule has 9 heteroatoms. The van der Waals surface area contributed by atoms with E-state index in [1.54, 1.807) is 19.9 Å². The molecule has 7 unspecified atom stereocenters. The zero-order valence-corrected chi connectivity index (χ0v) is 59.5. The molecule has 9 nitrogen and oxygen atoms in total. The van der Waals surface area contributed by atoms with Gasteiger partial charge < -0.3 is 15.4 Å². The van der Waals surface area contributed by atoms with Gasteiger partial charge >= 0.3 is 0 Å². The van der Waals surface area contributed by atoms with Crippen molar-refractivity contribution in [2.75, 3.05) is 19.8 Å². The number of carbonyl (C=O) groups is 6. The van der Waals surface area contributed by atoms with Crippen LogP contribution in [-0.4, -0.2) is 65.5 Å². The first-order chi connectivity index (χ1) is 44.8. The summed E-state index contributed by atoms with van der Waals surface area (Å²) in [7, 11) is 0. The zero-order chi connectivity index (χ0) is 68.6. The monoisotopic (exact) mass is 1280 g/mol. The van der Waals surface area contributed by atoms with Gasteiger partial charge in [0.2, 0.25) is 5.91 Å². The lowest BCUT2D eigenvalue weighted by Gasteiger charge is -2.54. The normalized spacial score (nSPS) is 18.3. The summed E-state index contributed by atoms with van der Waals surface area (Å²) in [6, 6.07) is 41.3. The predicted octanol–water partition coefficient (Wildman–Crippen LogP) is 19.1. The number of unbranched alkanes of at least 4 members (excludes halogenated alkanes) is 3. The van der Waals surface area contributed by atoms with E-state index < -0.39 is 0 Å². The molecule has 0 radical (unpaired) electrons. The number of hydrogen-bond acceptors (Lipinski definition) is 8. The summed E-state index contributed by atoms with van der Waals surface area (Å²) >= 11 is 0. The lowest BCUT2D eigenvalue weighted by atomic mass is 9.51. The van der Waals surface area contributed by atoms with Gasteiger partial charge in [0.25, 0.3) is 0 Å². The maximum absolute atomic E-state index is 14.3. The number of allylic oxidation sites excluding steroid dienone is 7. The van der Waals surface area contributed by atoms with Gasteiger partial charge in [0.15, 0.2) is 23.1 Å². The number of nitrogens with two attached hydrogens (primary N) is 1. The van der Waals surface area contributed by atoms with Gasteiger partial charge in [-0.05, 0) is 203 Å². The molecule has 1 fully saturated rings. The third kappa shape index (κ3) is 27.6. The Labute approximate surface area is 568 Å². The second-order valence-electron chi connectivity index (χ2n) is 29.2. The smallest absolute Gasteiger partial charge is 0.249 e. The van der Waals surface area contributed by atoms with Gasteiger partial charge in [0.1, 0.15) is 5.78 Å². The Bertz CT molecular complexity index is 3120. The molecule has 0 saturated heterocycles. The van der Waals surface area contributed by atoms with E-state index in [9.17, 15) is 28.8 Å². The number of ether oxygens (including phenoxy) is 1. The molecule has 0 aromatic heterocycles. The molecular formula is C85H118N2O7. The number of ketones is 5. The van der Waals surface area contributed by atoms with Crippen LogP contribution in [0.3, 0.4) is 0 Å². The van der Waals surface area contributed by atoms with Crippen LogP contribution in [0.1, 0.15) is 213 Å². The first-order valence-electron chi connectivity index (χ1n) is 35.6. The minimum absolute atomic E-state index is 0.0708. The van der Waals surface area contributed by atoms with Crippen molar-refractivity contribution < 1.29 is 33.5 Å². The summed E-state index contributed by atoms with van der Waals surface area (Å²) in [5.41, 5.74) is 14.6. The summed E-state index contributed by atoms with van der Waals surface area (Å²) in [6.07, 6.45) is 22.6. The van der Waals surface area contributed by atoms with Crippen LogP contribution >= 0.6 is 0 Å². The minimum Gasteiger partial charge on any atom is -0.381 e. The highest BCUT2D eigenvalue weighted by atomic mass is 16.5. The van der Waals surface area contributed by atoms with Crippen molar-refractivity contribution in [3.63, 3.8) is 0 Å². The molecule has 0 heterocycles. The lowest BCUT2D eigenvalue weighted by Crippen LogP contribution is -2.50. The zero-order valence-electron chi connectivity index (χ0n) is 59.5. The molecule has 4 aromatic rings. The molecule has 0 spiro atoms. The Hall–Kier alpha value is -6.68. The number of carbonyl (C=O) groups excluding carboxylic acids is 6. The van der Waals surface area contributed by atoms with E-state index in [0.717, 1.165) is 107 Å². The van der Waals surface area contributed by atoms with Crippen LogP contribution in [0, 0.1) is 46.3 Å². The molecule has 1 saturated carbocycles. The van der Waals surface area contributed by atoms with Gasteiger partial charge in [-0.2, -0.15) is 0 Å². The number of rotatable bonds is 45. The molecule has 510 valence electrons. The topological polar surface area (TPSA) is 141 Å². The van der Waals surface area contributed by atoms with Crippen LogP contribution in [0.25, 0.3) is 0 Å². The van der Waals surface area contributed by atoms with Gasteiger partial charge in [0, 0.05) is 75.9 Å². The third-order valence-electron chi connectivity index (χ3n) is 20.8. The molecular weight excluding hydrogens is 1160 g/mol. The fraction of sp³-hybridized carbons (Fsp3) is 0.529. The standard InChI is InChI=1S/C85H118N2O7/c1-62(2)78(88)47-44-73(55-70-32-20-14-21-33-70)50-51-87(61-74-37-24-16-25-38-74)83(93)67(8)43-42-65(6)79(89)48-45-72(54-69-30-18-13-19-31-69)36-27-29-53-94-52-28-17-26-39-75(56-71-34-22-15-23-35-71)57-81(91)66(7)41-40-64(5)80(90)49-46-77(86)76-59-84(10,11)85(12,58-68(76)9)60-82(92)63(3)4/h13-16,18-25,30-35,37-38,41-43,64,68,72-73,75-77H,1,3,17,26-29,36,39-40,44-61,86H2,2,4-12H3/b65-42+,66-41+,67-43+/t64?,68?,72-,73?,75?,76?,77?,85?/m0/s1. The van der Waals surface area contributed by atoms with Crippen LogP contribution in [0.15, 0.2) is 181 Å². The van der Waals surface area contributed by atoms with E-state index in [-0.39, 0.29) is 75.4 Å². The number of hydrogen-bond donors (Lipinski definition) is 1. The summed E-state index contributed by atoms with van der Waals surface area (Å²) < 4.78 is 6.18. The maximum atomic E-state index is 14.3. The Balaban J connectivity index is 1.05. The van der Waals surface area contributed by atoms with Crippen LogP contribution in [-0.2, 0) is 59.3 Å². The number of amides is 1. The summed E-state index contributed by atoms with van der Waals surface area (Å²) in [5, 5.41) is 0. The van der Waals surface area contributed by atoms with Crippen molar-refractivity contribution >= 4 is 34.8 Å². The van der Waals surface area contributed by atoms with E-state index in [4.69, 9.17) is 10.5 Å². The summed E-state index contributed by atoms with van der Waals surface area (Å²) in [5.74, 6) is 1.76. The van der Waals surface area contributed by atoms with E-state index in [1.165, 1.54) is 16.7 Å². The highest BCUT2D eigenvalue weighted by molar-refractivity contribution is 5.97. The highest BCUT2D eigenvalue weighted by Crippen LogP contribution is 2.57. The Kier molecular flexibility index (Phi) is 33.7. The van der Waals surface area contributed by atoms with Crippen LogP contribution in [0.2, 0.25) is 0 Å². The van der Waals surface area contributed by atoms with Crippen LogP contribution in [0.5, 0.6) is 0 Å². The number of nitrogens with zero attached hydrogens (tertiary/aromatic N) is 1. The molecule has 2 N–H and O–H groups in total. The van der Waals surface area contributed by atoms with Gasteiger partial charge in [-0.1, -0.05) is 213 Å². The summed E-state index contributed by atoms with van der Waals surface area (Å²) in [4.78, 5) is 82.6. The molecule has 0 bridgehead atoms. The Morgan fingerprint density at radius 1 is 0.553 bits per heavy atom. The van der Waals surface area contributed by atoms with Gasteiger partial charge in [0.05, 0.1) is 0 Å². The van der Waals surface area contributed by atoms with Crippen molar-refractivity contribution in [3.8, 4) is 0 Å². The quantitative estimate of drug-likeness (QED) is 0.0262. The van der Waals surface area contributed by atoms with Crippen molar-refractivity contribution in [2.24, 2.45) is 52.1 Å². The van der Waals surface area contributed by atoms with Crippen molar-refractivity contribution in [1.29, 1.82) is 0 Å². The fourth-order valence-corrected chi connectivity index (χ4v) is 13.9. The minimum atomic E-state index is -0.198. The first kappa shape index (κ1) is 78.0. The van der Waals surface area contributed by atoms with Crippen molar-refractivity contribution in [3.05, 3.63) is 203 Å². The summed E-state index contributed by atoms with van der Waals surface area (Å²) in [6.45, 7) is 30.3.